The van der Waals surface area contributed by atoms with E-state index in [9.17, 15) is 0 Å². The van der Waals surface area contributed by atoms with Crippen LogP contribution in [0.5, 0.6) is 11.5 Å². The first-order valence-electron chi connectivity index (χ1n) is 9.79. The largest absolute Gasteiger partial charge is 0.489 e. The molecule has 2 aliphatic rings. The molecular weight excluding hydrogens is 436 g/mol. The van der Waals surface area contributed by atoms with Crippen LogP contribution in [0.1, 0.15) is 18.3 Å². The van der Waals surface area contributed by atoms with Crippen molar-refractivity contribution >= 4 is 45.9 Å². The Bertz CT molecular complexity index is 1330. The van der Waals surface area contributed by atoms with E-state index in [1.165, 1.54) is 0 Å². The highest BCUT2D eigenvalue weighted by atomic mass is 35.5. The Balaban J connectivity index is 1.46. The second-order valence-corrected chi connectivity index (χ2v) is 8.54. The minimum absolute atomic E-state index is 0.294. The van der Waals surface area contributed by atoms with Gasteiger partial charge in [0.1, 0.15) is 5.01 Å². The monoisotopic (exact) mass is 452 g/mol. The zero-order valence-electron chi connectivity index (χ0n) is 16.2. The van der Waals surface area contributed by atoms with Crippen molar-refractivity contribution in [2.75, 3.05) is 18.5 Å². The van der Waals surface area contributed by atoms with E-state index in [-0.39, 0.29) is 0 Å². The number of rotatable bonds is 2. The average Bonchev–Trinajstić information content (AvgIpc) is 3.31. The lowest BCUT2D eigenvalue weighted by Crippen LogP contribution is -2.31. The molecule has 1 atom stereocenters. The smallest absolute Gasteiger partial charge is 0.212 e. The molecule has 0 saturated heterocycles. The van der Waals surface area contributed by atoms with Crippen LogP contribution in [0.4, 0.5) is 5.95 Å². The zero-order valence-corrected chi connectivity index (χ0v) is 17.8. The minimum atomic E-state index is -0.441. The van der Waals surface area contributed by atoms with Gasteiger partial charge in [0.25, 0.3) is 0 Å². The number of nitrogens with one attached hydrogen (secondary N) is 1. The molecule has 2 aliphatic heterocycles. The van der Waals surface area contributed by atoms with Crippen molar-refractivity contribution in [1.29, 1.82) is 0 Å². The van der Waals surface area contributed by atoms with Crippen LogP contribution in [-0.4, -0.2) is 33.7 Å². The number of aliphatic imine (C=N–C) groups is 1. The van der Waals surface area contributed by atoms with Gasteiger partial charge in [-0.15, -0.1) is 11.3 Å². The van der Waals surface area contributed by atoms with Gasteiger partial charge < -0.3 is 15.2 Å². The molecule has 2 aromatic heterocycles. The number of ether oxygens (including phenoxy) is 2. The van der Waals surface area contributed by atoms with Crippen LogP contribution in [0.15, 0.2) is 46.8 Å². The first-order chi connectivity index (χ1) is 15.2. The quantitative estimate of drug-likeness (QED) is 0.471. The maximum Gasteiger partial charge on any atom is 0.212 e. The molecule has 0 radical (unpaired) electrons. The van der Waals surface area contributed by atoms with E-state index in [4.69, 9.17) is 36.8 Å². The summed E-state index contributed by atoms with van der Waals surface area (Å²) in [7, 11) is 0. The standard InChI is InChI=1S/C21H17ClN6O2S/c22-12-4-2-11(3-5-12)19-24-14(10-31-19)18-26-20(23)27-21-25-13-8-16-17(9-15(13)28(18)21)30-7-1-6-29-16/h2-5,8-10,18H,1,6-7H2,(H3,23,25,26,27). The van der Waals surface area contributed by atoms with Gasteiger partial charge in [0.15, 0.2) is 23.6 Å². The van der Waals surface area contributed by atoms with Gasteiger partial charge in [0, 0.05) is 34.5 Å². The predicted molar refractivity (Wildman–Crippen MR) is 121 cm³/mol. The molecule has 4 heterocycles. The zero-order chi connectivity index (χ0) is 20.9. The van der Waals surface area contributed by atoms with E-state index in [0.29, 0.717) is 41.6 Å². The molecule has 0 saturated carbocycles. The molecule has 31 heavy (non-hydrogen) atoms. The first kappa shape index (κ1) is 18.5. The number of guanidine groups is 1. The SMILES string of the molecule is NC1=NC(c2csc(-c3ccc(Cl)cc3)n2)n2c(nc3cc4c(cc32)OCCCO4)N1. The summed E-state index contributed by atoms with van der Waals surface area (Å²) < 4.78 is 13.7. The summed E-state index contributed by atoms with van der Waals surface area (Å²) in [5, 5.41) is 6.63. The lowest BCUT2D eigenvalue weighted by Gasteiger charge is -2.22. The van der Waals surface area contributed by atoms with E-state index in [0.717, 1.165) is 33.7 Å². The summed E-state index contributed by atoms with van der Waals surface area (Å²) in [6.45, 7) is 1.23. The van der Waals surface area contributed by atoms with Crippen LogP contribution >= 0.6 is 22.9 Å². The molecular formula is C21H17ClN6O2S. The normalized spacial score (nSPS) is 17.6. The van der Waals surface area contributed by atoms with Crippen molar-refractivity contribution in [3.63, 3.8) is 0 Å². The molecule has 0 spiro atoms. The topological polar surface area (TPSA) is 99.6 Å². The molecule has 2 aromatic carbocycles. The van der Waals surface area contributed by atoms with Crippen molar-refractivity contribution < 1.29 is 9.47 Å². The molecule has 3 N–H and O–H groups in total. The third-order valence-electron chi connectivity index (χ3n) is 5.18. The van der Waals surface area contributed by atoms with Crippen LogP contribution in [-0.2, 0) is 0 Å². The summed E-state index contributed by atoms with van der Waals surface area (Å²) in [5.41, 5.74) is 9.50. The second kappa shape index (κ2) is 7.14. The number of benzene rings is 2. The number of aromatic nitrogens is 3. The molecule has 6 rings (SSSR count). The third kappa shape index (κ3) is 3.17. The highest BCUT2D eigenvalue weighted by Gasteiger charge is 2.28. The molecule has 0 fully saturated rings. The Morgan fingerprint density at radius 3 is 2.68 bits per heavy atom. The molecule has 4 aromatic rings. The fourth-order valence-corrected chi connectivity index (χ4v) is 4.72. The van der Waals surface area contributed by atoms with Crippen molar-refractivity contribution in [3.05, 3.63) is 52.5 Å². The number of imidazole rings is 1. The number of thiazole rings is 1. The summed E-state index contributed by atoms with van der Waals surface area (Å²) in [6.07, 6.45) is 0.401. The van der Waals surface area contributed by atoms with Crippen molar-refractivity contribution in [1.82, 2.24) is 14.5 Å². The summed E-state index contributed by atoms with van der Waals surface area (Å²) >= 11 is 7.57. The van der Waals surface area contributed by atoms with Crippen LogP contribution < -0.4 is 20.5 Å². The minimum Gasteiger partial charge on any atom is -0.489 e. The second-order valence-electron chi connectivity index (χ2n) is 7.24. The maximum atomic E-state index is 6.07. The van der Waals surface area contributed by atoms with Gasteiger partial charge in [-0.3, -0.25) is 9.88 Å². The molecule has 0 bridgehead atoms. The first-order valence-corrected chi connectivity index (χ1v) is 11.0. The number of nitrogens with two attached hydrogens (primary N) is 1. The number of fused-ring (bicyclic) bond motifs is 4. The van der Waals surface area contributed by atoms with Crippen LogP contribution in [0.2, 0.25) is 5.02 Å². The van der Waals surface area contributed by atoms with E-state index in [1.807, 2.05) is 46.3 Å². The highest BCUT2D eigenvalue weighted by molar-refractivity contribution is 7.13. The fraction of sp³-hybridized carbons (Fsp3) is 0.190. The Kier molecular flexibility index (Phi) is 4.25. The van der Waals surface area contributed by atoms with E-state index in [1.54, 1.807) is 11.3 Å². The lowest BCUT2D eigenvalue weighted by atomic mass is 10.2. The van der Waals surface area contributed by atoms with E-state index >= 15 is 0 Å². The molecule has 156 valence electrons. The van der Waals surface area contributed by atoms with Crippen LogP contribution in [0.25, 0.3) is 21.6 Å². The van der Waals surface area contributed by atoms with E-state index in [2.05, 4.69) is 10.3 Å². The maximum absolute atomic E-state index is 6.07. The van der Waals surface area contributed by atoms with Gasteiger partial charge in [-0.25, -0.2) is 15.0 Å². The van der Waals surface area contributed by atoms with Gasteiger partial charge in [-0.1, -0.05) is 23.7 Å². The number of hydrogen-bond donors (Lipinski definition) is 2. The molecule has 10 heteroatoms. The fourth-order valence-electron chi connectivity index (χ4n) is 3.75. The summed E-state index contributed by atoms with van der Waals surface area (Å²) in [5.74, 6) is 2.30. The Morgan fingerprint density at radius 2 is 1.87 bits per heavy atom. The molecule has 0 amide bonds. The number of anilines is 1. The van der Waals surface area contributed by atoms with Crippen LogP contribution in [0.3, 0.4) is 0 Å². The van der Waals surface area contributed by atoms with E-state index < -0.39 is 6.17 Å². The molecule has 1 unspecified atom stereocenters. The Morgan fingerprint density at radius 1 is 1.10 bits per heavy atom. The number of halogens is 1. The number of hydrogen-bond acceptors (Lipinski definition) is 8. The van der Waals surface area contributed by atoms with Crippen molar-refractivity contribution in [2.45, 2.75) is 12.6 Å². The van der Waals surface area contributed by atoms with Gasteiger partial charge in [0.05, 0.1) is 29.9 Å². The number of nitrogens with zero attached hydrogens (tertiary/aromatic N) is 4. The lowest BCUT2D eigenvalue weighted by molar-refractivity contribution is 0.297. The van der Waals surface area contributed by atoms with Gasteiger partial charge in [0.2, 0.25) is 5.95 Å². The highest BCUT2D eigenvalue weighted by Crippen LogP contribution is 2.39. The summed E-state index contributed by atoms with van der Waals surface area (Å²) in [6, 6.07) is 11.5. The van der Waals surface area contributed by atoms with Gasteiger partial charge in [-0.05, 0) is 12.1 Å². The summed E-state index contributed by atoms with van der Waals surface area (Å²) in [4.78, 5) is 14.2. The van der Waals surface area contributed by atoms with Crippen LogP contribution in [0, 0.1) is 0 Å². The Hall–Kier alpha value is -3.30. The van der Waals surface area contributed by atoms with Gasteiger partial charge >= 0.3 is 0 Å². The molecule has 0 aliphatic carbocycles. The third-order valence-corrected chi connectivity index (χ3v) is 6.34. The molecule has 8 nitrogen and oxygen atoms in total. The average molecular weight is 453 g/mol. The predicted octanol–water partition coefficient (Wildman–Crippen LogP) is 4.26. The van der Waals surface area contributed by atoms with Gasteiger partial charge in [-0.2, -0.15) is 0 Å². The van der Waals surface area contributed by atoms with Crippen molar-refractivity contribution in [3.8, 4) is 22.1 Å². The van der Waals surface area contributed by atoms with Crippen molar-refractivity contribution in [2.24, 2.45) is 10.7 Å². The Labute approximate surface area is 186 Å².